The number of fused-ring (bicyclic) bond motifs is 2. The highest BCUT2D eigenvalue weighted by atomic mass is 35.5. The number of aliphatic hydroxyl groups is 1. The molecule has 6 rings (SSSR count). The van der Waals surface area contributed by atoms with Crippen LogP contribution in [0.5, 0.6) is 11.5 Å². The fraction of sp³-hybridized carbons (Fsp3) is 0.133. The minimum atomic E-state index is -0.947. The van der Waals surface area contributed by atoms with E-state index in [1.165, 1.54) is 18.1 Å². The molecule has 0 saturated carbocycles. The van der Waals surface area contributed by atoms with E-state index in [0.29, 0.717) is 45.3 Å². The number of ether oxygens (including phenoxy) is 2. The van der Waals surface area contributed by atoms with Gasteiger partial charge in [0, 0.05) is 50.9 Å². The van der Waals surface area contributed by atoms with Crippen LogP contribution in [0.3, 0.4) is 0 Å². The van der Waals surface area contributed by atoms with E-state index in [-0.39, 0.29) is 11.3 Å². The van der Waals surface area contributed by atoms with Crippen LogP contribution in [0.25, 0.3) is 21.9 Å². The number of aromatic nitrogens is 1. The second-order valence-electron chi connectivity index (χ2n) is 9.03. The molecule has 0 spiro atoms. The number of carbonyl (C=O) groups excluding carboxylic acids is 2. The molecule has 0 radical (unpaired) electrons. The van der Waals surface area contributed by atoms with Gasteiger partial charge in [0.05, 0.1) is 25.3 Å². The molecule has 3 heterocycles. The fourth-order valence-electron chi connectivity index (χ4n) is 5.09. The van der Waals surface area contributed by atoms with Crippen LogP contribution in [0, 0.1) is 0 Å². The van der Waals surface area contributed by atoms with Gasteiger partial charge in [-0.05, 0) is 37.3 Å². The third-order valence-corrected chi connectivity index (χ3v) is 6.98. The largest absolute Gasteiger partial charge is 0.503 e. The summed E-state index contributed by atoms with van der Waals surface area (Å²) in [5.74, 6) is -1.13. The number of amides is 1. The zero-order chi connectivity index (χ0) is 27.3. The van der Waals surface area contributed by atoms with E-state index in [4.69, 9.17) is 25.5 Å². The summed E-state index contributed by atoms with van der Waals surface area (Å²) in [6, 6.07) is 18.3. The first-order valence-electron chi connectivity index (χ1n) is 12.3. The lowest BCUT2D eigenvalue weighted by Gasteiger charge is -2.26. The first kappa shape index (κ1) is 24.6. The summed E-state index contributed by atoms with van der Waals surface area (Å²) in [5, 5.41) is 13.0. The zero-order valence-electron chi connectivity index (χ0n) is 21.0. The van der Waals surface area contributed by atoms with Crippen molar-refractivity contribution in [3.8, 4) is 11.5 Å². The third-order valence-electron chi connectivity index (χ3n) is 6.77. The number of Topliss-reactive ketones (excluding diaryl/α,β-unsaturated/α-hetero) is 1. The lowest BCUT2D eigenvalue weighted by molar-refractivity contribution is -0.117. The number of rotatable bonds is 7. The van der Waals surface area contributed by atoms with Crippen LogP contribution in [-0.4, -0.2) is 35.5 Å². The number of nitrogens with one attached hydrogen (secondary N) is 1. The number of ketones is 1. The summed E-state index contributed by atoms with van der Waals surface area (Å²) >= 11 is 6.21. The first-order chi connectivity index (χ1) is 18.9. The van der Waals surface area contributed by atoms with Gasteiger partial charge in [-0.3, -0.25) is 14.5 Å². The summed E-state index contributed by atoms with van der Waals surface area (Å²) in [7, 11) is 1.47. The summed E-state index contributed by atoms with van der Waals surface area (Å²) in [6.45, 7) is 2.30. The van der Waals surface area contributed by atoms with Crippen molar-refractivity contribution in [2.24, 2.45) is 0 Å². The lowest BCUT2D eigenvalue weighted by Crippen LogP contribution is -2.31. The molecule has 196 valence electrons. The quantitative estimate of drug-likeness (QED) is 0.220. The second-order valence-corrected chi connectivity index (χ2v) is 9.46. The molecule has 2 N–H and O–H groups in total. The SMILES string of the molecule is CCOc1cccc(N2C(=O)C(O)=C(C(=O)c3cc4cc(Cl)cc(OC)c4o3)C2c2c[nH]c3ccccc23)c1. The number of benzene rings is 3. The zero-order valence-corrected chi connectivity index (χ0v) is 21.8. The Bertz CT molecular complexity index is 1800. The van der Waals surface area contributed by atoms with Crippen LogP contribution in [0.4, 0.5) is 5.69 Å². The Balaban J connectivity index is 1.53. The maximum absolute atomic E-state index is 14.0. The third kappa shape index (κ3) is 4.00. The van der Waals surface area contributed by atoms with E-state index in [2.05, 4.69) is 4.98 Å². The van der Waals surface area contributed by atoms with Crippen molar-refractivity contribution in [2.75, 3.05) is 18.6 Å². The van der Waals surface area contributed by atoms with E-state index in [0.717, 1.165) is 10.9 Å². The number of carbonyl (C=O) groups is 2. The summed E-state index contributed by atoms with van der Waals surface area (Å²) in [5.41, 5.74) is 2.16. The molecule has 1 atom stereocenters. The number of para-hydroxylation sites is 1. The van der Waals surface area contributed by atoms with Gasteiger partial charge in [0.1, 0.15) is 5.75 Å². The van der Waals surface area contributed by atoms with Gasteiger partial charge in [0.15, 0.2) is 22.9 Å². The van der Waals surface area contributed by atoms with Crippen LogP contribution >= 0.6 is 11.6 Å². The number of aliphatic hydroxyl groups excluding tert-OH is 1. The minimum absolute atomic E-state index is 0.0605. The van der Waals surface area contributed by atoms with Crippen molar-refractivity contribution in [2.45, 2.75) is 13.0 Å². The molecule has 1 aliphatic heterocycles. The predicted octanol–water partition coefficient (Wildman–Crippen LogP) is 6.76. The molecule has 0 aliphatic carbocycles. The lowest BCUT2D eigenvalue weighted by atomic mass is 9.94. The fourth-order valence-corrected chi connectivity index (χ4v) is 5.31. The smallest absolute Gasteiger partial charge is 0.294 e. The average molecular weight is 543 g/mol. The highest BCUT2D eigenvalue weighted by Gasteiger charge is 2.46. The summed E-state index contributed by atoms with van der Waals surface area (Å²) < 4.78 is 16.9. The minimum Gasteiger partial charge on any atom is -0.503 e. The number of halogens is 1. The van der Waals surface area contributed by atoms with Crippen LogP contribution in [0.2, 0.25) is 5.02 Å². The van der Waals surface area contributed by atoms with Gasteiger partial charge in [0.2, 0.25) is 5.78 Å². The number of hydrogen-bond acceptors (Lipinski definition) is 6. The Kier molecular flexibility index (Phi) is 6.04. The number of H-pyrrole nitrogens is 1. The number of nitrogens with zero attached hydrogens (tertiary/aromatic N) is 1. The summed E-state index contributed by atoms with van der Waals surface area (Å²) in [6.07, 6.45) is 1.75. The standard InChI is InChI=1S/C30H23ClN2O6/c1-3-38-19-8-6-7-18(14-19)33-26(21-15-32-22-10-5-4-9-20(21)22)25(28(35)30(33)36)27(34)23-12-16-11-17(31)13-24(37-2)29(16)39-23/h4-15,26,32,35H,3H2,1-2H3. The van der Waals surface area contributed by atoms with Crippen molar-refractivity contribution >= 4 is 50.9 Å². The van der Waals surface area contributed by atoms with Crippen molar-refractivity contribution in [1.82, 2.24) is 4.98 Å². The molecular weight excluding hydrogens is 520 g/mol. The number of anilines is 1. The predicted molar refractivity (Wildman–Crippen MR) is 148 cm³/mol. The molecule has 0 fully saturated rings. The molecule has 2 aromatic heterocycles. The molecule has 1 amide bonds. The molecule has 3 aromatic carbocycles. The van der Waals surface area contributed by atoms with Crippen LogP contribution in [0.1, 0.15) is 29.1 Å². The molecule has 0 saturated heterocycles. The Labute approximate surface area is 228 Å². The van der Waals surface area contributed by atoms with Crippen LogP contribution < -0.4 is 14.4 Å². The number of aromatic amines is 1. The molecular formula is C30H23ClN2O6. The Morgan fingerprint density at radius 1 is 1.13 bits per heavy atom. The van der Waals surface area contributed by atoms with Crippen molar-refractivity contribution in [3.63, 3.8) is 0 Å². The van der Waals surface area contributed by atoms with Crippen LogP contribution in [0.15, 0.2) is 88.7 Å². The number of methoxy groups -OCH3 is 1. The van der Waals surface area contributed by atoms with Gasteiger partial charge < -0.3 is 24.0 Å². The van der Waals surface area contributed by atoms with E-state index in [9.17, 15) is 14.7 Å². The molecule has 39 heavy (non-hydrogen) atoms. The molecule has 1 unspecified atom stereocenters. The Morgan fingerprint density at radius 2 is 1.95 bits per heavy atom. The van der Waals surface area contributed by atoms with E-state index in [1.807, 2.05) is 31.2 Å². The number of hydrogen-bond donors (Lipinski definition) is 2. The summed E-state index contributed by atoms with van der Waals surface area (Å²) in [4.78, 5) is 32.3. The maximum Gasteiger partial charge on any atom is 0.294 e. The van der Waals surface area contributed by atoms with Gasteiger partial charge in [-0.1, -0.05) is 35.9 Å². The molecule has 5 aromatic rings. The highest BCUT2D eigenvalue weighted by Crippen LogP contribution is 2.45. The topological polar surface area (TPSA) is 105 Å². The van der Waals surface area contributed by atoms with E-state index >= 15 is 0 Å². The van der Waals surface area contributed by atoms with Crippen molar-refractivity contribution < 1.29 is 28.6 Å². The van der Waals surface area contributed by atoms with Gasteiger partial charge in [-0.15, -0.1) is 0 Å². The monoisotopic (exact) mass is 542 g/mol. The average Bonchev–Trinajstić information content (AvgIpc) is 3.62. The Morgan fingerprint density at radius 3 is 2.74 bits per heavy atom. The second kappa shape index (κ2) is 9.56. The van der Waals surface area contributed by atoms with E-state index < -0.39 is 23.5 Å². The Hall–Kier alpha value is -4.69. The van der Waals surface area contributed by atoms with Gasteiger partial charge >= 0.3 is 0 Å². The van der Waals surface area contributed by atoms with Gasteiger partial charge in [0.25, 0.3) is 5.91 Å². The molecule has 9 heteroatoms. The normalized spacial score (nSPS) is 15.5. The molecule has 8 nitrogen and oxygen atoms in total. The number of furan rings is 1. The highest BCUT2D eigenvalue weighted by molar-refractivity contribution is 6.31. The first-order valence-corrected chi connectivity index (χ1v) is 12.7. The van der Waals surface area contributed by atoms with Crippen molar-refractivity contribution in [3.05, 3.63) is 101 Å². The van der Waals surface area contributed by atoms with Crippen LogP contribution in [-0.2, 0) is 4.79 Å². The van der Waals surface area contributed by atoms with Gasteiger partial charge in [-0.2, -0.15) is 0 Å². The van der Waals surface area contributed by atoms with Gasteiger partial charge in [-0.25, -0.2) is 0 Å². The maximum atomic E-state index is 14.0. The molecule has 0 bridgehead atoms. The van der Waals surface area contributed by atoms with Crippen molar-refractivity contribution in [1.29, 1.82) is 0 Å². The molecule has 1 aliphatic rings. The van der Waals surface area contributed by atoms with E-state index in [1.54, 1.807) is 42.6 Å².